The van der Waals surface area contributed by atoms with E-state index in [0.717, 1.165) is 30.2 Å². The predicted octanol–water partition coefficient (Wildman–Crippen LogP) is 5.59. The second kappa shape index (κ2) is 12.2. The summed E-state index contributed by atoms with van der Waals surface area (Å²) in [6, 6.07) is 18.5. The summed E-state index contributed by atoms with van der Waals surface area (Å²) in [5.74, 6) is 0.286. The molecule has 41 heavy (non-hydrogen) atoms. The molecule has 0 bridgehead atoms. The summed E-state index contributed by atoms with van der Waals surface area (Å²) in [7, 11) is -4.26. The van der Waals surface area contributed by atoms with Crippen molar-refractivity contribution in [2.75, 3.05) is 31.8 Å². The first kappa shape index (κ1) is 30.5. The molecule has 0 N–H and O–H groups in total. The Morgan fingerprint density at radius 3 is 2.37 bits per heavy atom. The van der Waals surface area contributed by atoms with E-state index in [2.05, 4.69) is 38.4 Å². The maximum Gasteiger partial charge on any atom is 0.310 e. The van der Waals surface area contributed by atoms with Crippen molar-refractivity contribution in [3.63, 3.8) is 0 Å². The van der Waals surface area contributed by atoms with Crippen LogP contribution in [-0.2, 0) is 19.6 Å². The maximum atomic E-state index is 12.3. The minimum absolute atomic E-state index is 0.0832. The van der Waals surface area contributed by atoms with Crippen molar-refractivity contribution >= 4 is 40.8 Å². The average Bonchev–Trinajstić information content (AvgIpc) is 2.93. The van der Waals surface area contributed by atoms with Gasteiger partial charge in [-0.15, -0.1) is 0 Å². The average molecular weight is 595 g/mol. The zero-order chi connectivity index (χ0) is 29.9. The molecule has 0 amide bonds. The molecule has 0 saturated heterocycles. The number of carbonyl (C=O) groups is 1. The van der Waals surface area contributed by atoms with Gasteiger partial charge in [-0.3, -0.25) is 4.79 Å². The van der Waals surface area contributed by atoms with Crippen LogP contribution in [0.15, 0.2) is 70.0 Å². The summed E-state index contributed by atoms with van der Waals surface area (Å²) in [5.41, 5.74) is 3.12. The fraction of sp³-hybridized carbons (Fsp3) is 0.355. The van der Waals surface area contributed by atoms with Crippen molar-refractivity contribution in [1.29, 1.82) is 0 Å². The molecule has 1 aliphatic heterocycles. The van der Waals surface area contributed by atoms with Gasteiger partial charge in [0.05, 0.1) is 11.0 Å². The van der Waals surface area contributed by atoms with Gasteiger partial charge in [0.2, 0.25) is 5.36 Å². The number of anilines is 1. The molecule has 2 aliphatic rings. The van der Waals surface area contributed by atoms with Crippen molar-refractivity contribution < 1.29 is 26.9 Å². The Hall–Kier alpha value is -3.47. The number of carbonyl (C=O) groups excluding carboxylic acids is 1. The second-order valence-electron chi connectivity index (χ2n) is 11.4. The van der Waals surface area contributed by atoms with Crippen LogP contribution in [0.2, 0.25) is 25.7 Å². The number of ether oxygens (including phenoxy) is 1. The number of fused-ring (bicyclic) bond motifs is 2. The van der Waals surface area contributed by atoms with Gasteiger partial charge >= 0.3 is 5.97 Å². The van der Waals surface area contributed by atoms with Gasteiger partial charge in [-0.1, -0.05) is 37.8 Å². The lowest BCUT2D eigenvalue weighted by Gasteiger charge is -2.23. The summed E-state index contributed by atoms with van der Waals surface area (Å²) < 4.78 is 50.5. The Kier molecular flexibility index (Phi) is 9.06. The highest BCUT2D eigenvalue weighted by atomic mass is 32.2. The van der Waals surface area contributed by atoms with Crippen LogP contribution in [0.3, 0.4) is 0 Å². The molecule has 0 unspecified atom stereocenters. The van der Waals surface area contributed by atoms with Crippen LogP contribution in [0.5, 0.6) is 0 Å². The Morgan fingerprint density at radius 2 is 1.71 bits per heavy atom. The molecule has 0 aromatic heterocycles. The van der Waals surface area contributed by atoms with E-state index in [4.69, 9.17) is 9.15 Å². The minimum atomic E-state index is -4.74. The van der Waals surface area contributed by atoms with Gasteiger partial charge < -0.3 is 18.6 Å². The molecule has 2 aromatic rings. The number of nitrogens with zero attached hydrogens (tertiary/aromatic N) is 2. The first-order valence-corrected chi connectivity index (χ1v) is 18.9. The lowest BCUT2D eigenvalue weighted by molar-refractivity contribution is -0.144. The quantitative estimate of drug-likeness (QED) is 0.0589. The normalized spacial score (nSPS) is 13.0. The molecule has 1 heterocycles. The van der Waals surface area contributed by atoms with Crippen LogP contribution in [-0.4, -0.2) is 53.9 Å². The molecule has 218 valence electrons. The SMILES string of the molecule is CCN(CC)c1ccc2c(-c3ccccc3S(=O)(=O)[O-])c3cc/c(=[N+](/C)COC(=O)CC[Si](C)(C)C)cc-3oc2c1. The summed E-state index contributed by atoms with van der Waals surface area (Å²) in [4.78, 5) is 14.2. The third-order valence-electron chi connectivity index (χ3n) is 7.18. The van der Waals surface area contributed by atoms with E-state index in [-0.39, 0.29) is 17.6 Å². The first-order chi connectivity index (χ1) is 19.3. The molecule has 0 fully saturated rings. The molecule has 10 heteroatoms. The molecule has 2 aromatic carbocycles. The van der Waals surface area contributed by atoms with Crippen LogP contribution in [0.25, 0.3) is 33.4 Å². The van der Waals surface area contributed by atoms with E-state index in [1.165, 1.54) is 6.07 Å². The molecular formula is C31H38N2O6SSi. The van der Waals surface area contributed by atoms with E-state index in [0.29, 0.717) is 39.8 Å². The van der Waals surface area contributed by atoms with Gasteiger partial charge in [-0.05, 0) is 44.2 Å². The fourth-order valence-corrected chi connectivity index (χ4v) is 6.50. The van der Waals surface area contributed by atoms with E-state index in [9.17, 15) is 17.8 Å². The van der Waals surface area contributed by atoms with Gasteiger partial charge in [0, 0.05) is 67.5 Å². The Morgan fingerprint density at radius 1 is 1.00 bits per heavy atom. The molecule has 0 spiro atoms. The maximum absolute atomic E-state index is 12.3. The highest BCUT2D eigenvalue weighted by Gasteiger charge is 2.23. The van der Waals surface area contributed by atoms with Crippen LogP contribution >= 0.6 is 0 Å². The molecule has 0 saturated carbocycles. The largest absolute Gasteiger partial charge is 0.744 e. The lowest BCUT2D eigenvalue weighted by atomic mass is 9.93. The van der Waals surface area contributed by atoms with Crippen LogP contribution in [0.1, 0.15) is 20.3 Å². The van der Waals surface area contributed by atoms with Crippen molar-refractivity contribution in [2.24, 2.45) is 0 Å². The summed E-state index contributed by atoms with van der Waals surface area (Å²) in [6.45, 7) is 12.5. The van der Waals surface area contributed by atoms with Gasteiger partial charge in [0.1, 0.15) is 28.5 Å². The number of rotatable bonds is 10. The van der Waals surface area contributed by atoms with Crippen molar-refractivity contribution in [1.82, 2.24) is 4.58 Å². The van der Waals surface area contributed by atoms with Crippen molar-refractivity contribution in [3.05, 3.63) is 66.0 Å². The van der Waals surface area contributed by atoms with Gasteiger partial charge in [-0.25, -0.2) is 8.42 Å². The predicted molar refractivity (Wildman–Crippen MR) is 165 cm³/mol. The minimum Gasteiger partial charge on any atom is -0.744 e. The molecule has 0 atom stereocenters. The Bertz CT molecular complexity index is 1720. The van der Waals surface area contributed by atoms with Gasteiger partial charge in [0.25, 0.3) is 6.73 Å². The number of benzene rings is 3. The third-order valence-corrected chi connectivity index (χ3v) is 9.83. The van der Waals surface area contributed by atoms with E-state index in [1.54, 1.807) is 18.2 Å². The van der Waals surface area contributed by atoms with E-state index < -0.39 is 18.2 Å². The zero-order valence-corrected chi connectivity index (χ0v) is 26.4. The number of hydrogen-bond acceptors (Lipinski definition) is 7. The van der Waals surface area contributed by atoms with Crippen molar-refractivity contribution in [3.8, 4) is 22.5 Å². The highest BCUT2D eigenvalue weighted by Crippen LogP contribution is 2.42. The lowest BCUT2D eigenvalue weighted by Crippen LogP contribution is -2.30. The standard InChI is InChI=1S/C31H38N2O6SSi/c1-7-33(8-2)23-14-16-25-28(20-23)39-27-19-22(32(3)21-38-30(34)17-18-41(4,5)6)13-15-24(27)31(25)26-11-9-10-12-29(26)40(35,36)37/h9-16,19-20H,7-8,17-18,21H2,1-6H3. The monoisotopic (exact) mass is 594 g/mol. The zero-order valence-electron chi connectivity index (χ0n) is 24.6. The van der Waals surface area contributed by atoms with Crippen LogP contribution in [0.4, 0.5) is 5.69 Å². The van der Waals surface area contributed by atoms with Crippen LogP contribution < -0.4 is 14.8 Å². The van der Waals surface area contributed by atoms with E-state index >= 15 is 0 Å². The Balaban J connectivity index is 1.89. The molecular weight excluding hydrogens is 557 g/mol. The number of hydrogen-bond donors (Lipinski definition) is 0. The summed E-state index contributed by atoms with van der Waals surface area (Å²) in [6.07, 6.45) is 0.406. The van der Waals surface area contributed by atoms with E-state index in [1.807, 2.05) is 48.0 Å². The van der Waals surface area contributed by atoms with Gasteiger partial charge in [-0.2, -0.15) is 4.58 Å². The molecule has 4 rings (SSSR count). The second-order valence-corrected chi connectivity index (χ2v) is 18.3. The highest BCUT2D eigenvalue weighted by molar-refractivity contribution is 7.85. The summed E-state index contributed by atoms with van der Waals surface area (Å²) >= 11 is 0. The molecule has 8 nitrogen and oxygen atoms in total. The fourth-order valence-electron chi connectivity index (χ4n) is 4.86. The topological polar surface area (TPSA) is 103 Å². The molecule has 0 radical (unpaired) electrons. The molecule has 1 aliphatic carbocycles. The summed E-state index contributed by atoms with van der Waals surface area (Å²) in [5, 5.41) is 1.45. The first-order valence-electron chi connectivity index (χ1n) is 13.8. The third kappa shape index (κ3) is 7.06. The van der Waals surface area contributed by atoms with Crippen LogP contribution in [0, 0.1) is 0 Å². The number of esters is 1. The van der Waals surface area contributed by atoms with Crippen molar-refractivity contribution in [2.45, 2.75) is 50.8 Å². The van der Waals surface area contributed by atoms with Gasteiger partial charge in [0.15, 0.2) is 0 Å². The Labute approximate surface area is 243 Å². The smallest absolute Gasteiger partial charge is 0.310 e.